The predicted octanol–water partition coefficient (Wildman–Crippen LogP) is 1.33. The van der Waals surface area contributed by atoms with Crippen molar-refractivity contribution in [2.45, 2.75) is 31.8 Å². The highest BCUT2D eigenvalue weighted by Gasteiger charge is 2.21. The summed E-state index contributed by atoms with van der Waals surface area (Å²) < 4.78 is 0. The minimum atomic E-state index is -0.147. The monoisotopic (exact) mass is 325 g/mol. The molecule has 22 heavy (non-hydrogen) atoms. The Morgan fingerprint density at radius 2 is 2.00 bits per heavy atom. The van der Waals surface area contributed by atoms with Crippen LogP contribution in [-0.4, -0.2) is 42.9 Å². The molecule has 2 amide bonds. The fourth-order valence-electron chi connectivity index (χ4n) is 2.44. The smallest absolute Gasteiger partial charge is 0.242 e. The number of carbonyl (C=O) groups excluding carboxylic acids is 2. The van der Waals surface area contributed by atoms with Crippen LogP contribution in [0.5, 0.6) is 0 Å². The maximum atomic E-state index is 12.0. The summed E-state index contributed by atoms with van der Waals surface area (Å²) in [6.07, 6.45) is 3.02. The van der Waals surface area contributed by atoms with Crippen molar-refractivity contribution in [3.05, 3.63) is 35.9 Å². The van der Waals surface area contributed by atoms with Crippen LogP contribution in [0.1, 0.15) is 24.8 Å². The quantitative estimate of drug-likeness (QED) is 0.858. The third kappa shape index (κ3) is 5.66. The lowest BCUT2D eigenvalue weighted by Gasteiger charge is -2.23. The van der Waals surface area contributed by atoms with Gasteiger partial charge in [-0.3, -0.25) is 9.59 Å². The molecule has 2 N–H and O–H groups in total. The lowest BCUT2D eigenvalue weighted by Crippen LogP contribution is -2.49. The fraction of sp³-hybridized carbons (Fsp3) is 0.500. The van der Waals surface area contributed by atoms with E-state index in [0.29, 0.717) is 6.54 Å². The molecule has 6 heteroatoms. The van der Waals surface area contributed by atoms with Crippen molar-refractivity contribution in [1.82, 2.24) is 15.5 Å². The Balaban J connectivity index is 0.00000242. The van der Waals surface area contributed by atoms with Crippen molar-refractivity contribution in [2.75, 3.05) is 20.1 Å². The maximum absolute atomic E-state index is 12.0. The van der Waals surface area contributed by atoms with Crippen molar-refractivity contribution < 1.29 is 9.59 Å². The van der Waals surface area contributed by atoms with Gasteiger partial charge in [-0.2, -0.15) is 0 Å². The molecule has 1 saturated heterocycles. The normalized spacial score (nSPS) is 17.2. The first-order chi connectivity index (χ1) is 10.2. The minimum Gasteiger partial charge on any atom is -0.346 e. The van der Waals surface area contributed by atoms with E-state index in [1.165, 1.54) is 0 Å². The molecule has 0 saturated carbocycles. The van der Waals surface area contributed by atoms with Gasteiger partial charge in [-0.15, -0.1) is 12.4 Å². The summed E-state index contributed by atoms with van der Waals surface area (Å²) in [5.41, 5.74) is 1.08. The number of hydrogen-bond donors (Lipinski definition) is 2. The predicted molar refractivity (Wildman–Crippen MR) is 88.8 cm³/mol. The number of rotatable bonds is 5. The number of nitrogens with one attached hydrogen (secondary N) is 2. The van der Waals surface area contributed by atoms with Gasteiger partial charge < -0.3 is 15.5 Å². The Morgan fingerprint density at radius 1 is 1.27 bits per heavy atom. The van der Waals surface area contributed by atoms with Gasteiger partial charge in [0.15, 0.2) is 0 Å². The first-order valence-electron chi connectivity index (χ1n) is 7.46. The molecule has 1 aliphatic rings. The molecule has 1 aliphatic heterocycles. The SMILES string of the molecule is CN(Cc1ccccc1)C(=O)CNC(=O)C1CCCCN1.Cl. The molecular formula is C16H24ClN3O2. The summed E-state index contributed by atoms with van der Waals surface area (Å²) in [7, 11) is 1.75. The standard InChI is InChI=1S/C16H23N3O2.ClH/c1-19(12-13-7-3-2-4-8-13)15(20)11-18-16(21)14-9-5-6-10-17-14;/h2-4,7-8,14,17H,5-6,9-12H2,1H3,(H,18,21);1H. The number of benzene rings is 1. The average Bonchev–Trinajstić information content (AvgIpc) is 2.54. The van der Waals surface area contributed by atoms with E-state index < -0.39 is 0 Å². The largest absolute Gasteiger partial charge is 0.346 e. The highest BCUT2D eigenvalue weighted by atomic mass is 35.5. The first-order valence-corrected chi connectivity index (χ1v) is 7.46. The van der Waals surface area contributed by atoms with Crippen LogP contribution >= 0.6 is 12.4 Å². The molecule has 1 unspecified atom stereocenters. The van der Waals surface area contributed by atoms with Crippen molar-refractivity contribution in [1.29, 1.82) is 0 Å². The van der Waals surface area contributed by atoms with E-state index in [1.807, 2.05) is 30.3 Å². The second-order valence-electron chi connectivity index (χ2n) is 5.46. The second kappa shape index (κ2) is 9.43. The molecule has 1 heterocycles. The summed E-state index contributed by atoms with van der Waals surface area (Å²) in [6, 6.07) is 9.66. The average molecular weight is 326 g/mol. The molecule has 0 bridgehead atoms. The number of hydrogen-bond acceptors (Lipinski definition) is 3. The molecule has 0 aromatic heterocycles. The minimum absolute atomic E-state index is 0. The van der Waals surface area contributed by atoms with E-state index in [2.05, 4.69) is 10.6 Å². The molecule has 1 aromatic carbocycles. The number of carbonyl (C=O) groups is 2. The van der Waals surface area contributed by atoms with E-state index in [-0.39, 0.29) is 36.8 Å². The molecule has 1 aromatic rings. The second-order valence-corrected chi connectivity index (χ2v) is 5.46. The van der Waals surface area contributed by atoms with Crippen LogP contribution in [0.2, 0.25) is 0 Å². The van der Waals surface area contributed by atoms with Crippen LogP contribution in [0.3, 0.4) is 0 Å². The van der Waals surface area contributed by atoms with Gasteiger partial charge in [-0.1, -0.05) is 36.8 Å². The number of nitrogens with zero attached hydrogens (tertiary/aromatic N) is 1. The molecule has 0 aliphatic carbocycles. The first kappa shape index (κ1) is 18.5. The van der Waals surface area contributed by atoms with E-state index in [1.54, 1.807) is 11.9 Å². The van der Waals surface area contributed by atoms with E-state index in [9.17, 15) is 9.59 Å². The molecule has 2 rings (SSSR count). The van der Waals surface area contributed by atoms with Crippen molar-refractivity contribution in [3.63, 3.8) is 0 Å². The summed E-state index contributed by atoms with van der Waals surface area (Å²) in [4.78, 5) is 25.6. The van der Waals surface area contributed by atoms with Crippen LogP contribution in [0.4, 0.5) is 0 Å². The lowest BCUT2D eigenvalue weighted by molar-refractivity contribution is -0.132. The Labute approximate surface area is 137 Å². The van der Waals surface area contributed by atoms with Gasteiger partial charge in [-0.25, -0.2) is 0 Å². The molecule has 122 valence electrons. The Kier molecular flexibility index (Phi) is 7.91. The van der Waals surface area contributed by atoms with E-state index >= 15 is 0 Å². The Bertz CT molecular complexity index is 476. The number of likely N-dealkylation sites (N-methyl/N-ethyl adjacent to an activating group) is 1. The van der Waals surface area contributed by atoms with Gasteiger partial charge in [0.25, 0.3) is 0 Å². The molecular weight excluding hydrogens is 302 g/mol. The zero-order valence-corrected chi connectivity index (χ0v) is 13.7. The van der Waals surface area contributed by atoms with Crippen LogP contribution < -0.4 is 10.6 Å². The van der Waals surface area contributed by atoms with Crippen molar-refractivity contribution in [2.24, 2.45) is 0 Å². The van der Waals surface area contributed by atoms with Gasteiger partial charge in [0.05, 0.1) is 12.6 Å². The number of piperidine rings is 1. The number of amides is 2. The highest BCUT2D eigenvalue weighted by molar-refractivity contribution is 5.87. The highest BCUT2D eigenvalue weighted by Crippen LogP contribution is 2.07. The van der Waals surface area contributed by atoms with Gasteiger partial charge >= 0.3 is 0 Å². The van der Waals surface area contributed by atoms with Crippen LogP contribution in [0.25, 0.3) is 0 Å². The van der Waals surface area contributed by atoms with Crippen LogP contribution in [-0.2, 0) is 16.1 Å². The van der Waals surface area contributed by atoms with Crippen LogP contribution in [0, 0.1) is 0 Å². The molecule has 5 nitrogen and oxygen atoms in total. The lowest BCUT2D eigenvalue weighted by atomic mass is 10.0. The zero-order valence-electron chi connectivity index (χ0n) is 12.9. The van der Waals surface area contributed by atoms with E-state index in [0.717, 1.165) is 31.4 Å². The van der Waals surface area contributed by atoms with Gasteiger partial charge in [-0.05, 0) is 24.9 Å². The summed E-state index contributed by atoms with van der Waals surface area (Å²) in [5, 5.41) is 5.90. The molecule has 0 radical (unpaired) electrons. The summed E-state index contributed by atoms with van der Waals surface area (Å²) in [6.45, 7) is 1.48. The van der Waals surface area contributed by atoms with Crippen molar-refractivity contribution in [3.8, 4) is 0 Å². The van der Waals surface area contributed by atoms with E-state index in [4.69, 9.17) is 0 Å². The number of halogens is 1. The van der Waals surface area contributed by atoms with Crippen LogP contribution in [0.15, 0.2) is 30.3 Å². The summed E-state index contributed by atoms with van der Waals surface area (Å²) >= 11 is 0. The summed E-state index contributed by atoms with van der Waals surface area (Å²) in [5.74, 6) is -0.154. The van der Waals surface area contributed by atoms with Gasteiger partial charge in [0.2, 0.25) is 11.8 Å². The maximum Gasteiger partial charge on any atom is 0.242 e. The molecule has 1 fully saturated rings. The third-order valence-corrected chi connectivity index (χ3v) is 3.73. The van der Waals surface area contributed by atoms with Crippen molar-refractivity contribution >= 4 is 24.2 Å². The molecule has 0 spiro atoms. The zero-order chi connectivity index (χ0) is 15.1. The Morgan fingerprint density at radius 3 is 2.64 bits per heavy atom. The third-order valence-electron chi connectivity index (χ3n) is 3.73. The topological polar surface area (TPSA) is 61.4 Å². The fourth-order valence-corrected chi connectivity index (χ4v) is 2.44. The van der Waals surface area contributed by atoms with Gasteiger partial charge in [0, 0.05) is 13.6 Å². The van der Waals surface area contributed by atoms with Gasteiger partial charge in [0.1, 0.15) is 0 Å². The Hall–Kier alpha value is -1.59. The molecule has 1 atom stereocenters.